The smallest absolute Gasteiger partial charge is 0.355 e. The van der Waals surface area contributed by atoms with Gasteiger partial charge in [-0.1, -0.05) is 32.5 Å². The molecule has 0 aliphatic rings. The molecule has 0 fully saturated rings. The molecule has 8 nitrogen and oxygen atoms in total. The highest BCUT2D eigenvalue weighted by molar-refractivity contribution is 7.98. The molecule has 9 heteroatoms. The predicted molar refractivity (Wildman–Crippen MR) is 74.6 cm³/mol. The van der Waals surface area contributed by atoms with Gasteiger partial charge in [0.1, 0.15) is 5.69 Å². The normalized spacial score (nSPS) is 13.1. The molecule has 1 aromatic rings. The second-order valence-corrected chi connectivity index (χ2v) is 5.78. The first-order valence-electron chi connectivity index (χ1n) is 5.78. The summed E-state index contributed by atoms with van der Waals surface area (Å²) in [5, 5.41) is 17.1. The van der Waals surface area contributed by atoms with Crippen molar-refractivity contribution in [2.75, 3.05) is 18.8 Å². The quantitative estimate of drug-likeness (QED) is 0.589. The SMILES string of the molecule is COC(Nn1c(SC)nnc(C(C)(C)C)c1=O)C(=O)O. The van der Waals surface area contributed by atoms with Gasteiger partial charge in [-0.15, -0.1) is 10.2 Å². The summed E-state index contributed by atoms with van der Waals surface area (Å²) >= 11 is 1.17. The molecule has 0 bridgehead atoms. The van der Waals surface area contributed by atoms with Crippen molar-refractivity contribution in [2.24, 2.45) is 0 Å². The molecule has 0 amide bonds. The third-order valence-electron chi connectivity index (χ3n) is 2.43. The Kier molecular flexibility index (Phi) is 5.12. The minimum Gasteiger partial charge on any atom is -0.478 e. The van der Waals surface area contributed by atoms with Gasteiger partial charge in [0.15, 0.2) is 0 Å². The Hall–Kier alpha value is -1.61. The van der Waals surface area contributed by atoms with E-state index in [9.17, 15) is 9.59 Å². The van der Waals surface area contributed by atoms with E-state index in [2.05, 4.69) is 15.6 Å². The highest BCUT2D eigenvalue weighted by atomic mass is 32.2. The highest BCUT2D eigenvalue weighted by Gasteiger charge is 2.25. The summed E-state index contributed by atoms with van der Waals surface area (Å²) in [5.41, 5.74) is 1.78. The molecule has 0 aliphatic heterocycles. The van der Waals surface area contributed by atoms with Gasteiger partial charge in [-0.05, 0) is 6.26 Å². The fraction of sp³-hybridized carbons (Fsp3) is 0.636. The predicted octanol–water partition coefficient (Wildman–Crippen LogP) is 0.258. The maximum atomic E-state index is 12.4. The number of hydrogen-bond acceptors (Lipinski definition) is 7. The zero-order valence-electron chi connectivity index (χ0n) is 12.0. The standard InChI is InChI=1S/C11H18N4O4S/c1-11(2,3)6-8(16)15(10(20-5)13-12-6)14-7(19-4)9(17)18/h7,14H,1-5H3,(H,17,18). The molecule has 0 saturated carbocycles. The number of nitrogens with one attached hydrogen (secondary N) is 1. The zero-order valence-corrected chi connectivity index (χ0v) is 12.8. The van der Waals surface area contributed by atoms with Crippen LogP contribution in [0.15, 0.2) is 9.95 Å². The molecule has 2 N–H and O–H groups in total. The Bertz CT molecular complexity index is 552. The molecule has 1 atom stereocenters. The van der Waals surface area contributed by atoms with Crippen LogP contribution in [-0.4, -0.2) is 45.5 Å². The van der Waals surface area contributed by atoms with Crippen molar-refractivity contribution in [3.8, 4) is 0 Å². The minimum absolute atomic E-state index is 0.239. The molecule has 0 aromatic carbocycles. The molecule has 0 spiro atoms. The number of carboxylic acid groups (broad SMARTS) is 1. The van der Waals surface area contributed by atoms with Crippen molar-refractivity contribution in [1.29, 1.82) is 0 Å². The summed E-state index contributed by atoms with van der Waals surface area (Å²) in [7, 11) is 1.23. The van der Waals surface area contributed by atoms with Crippen molar-refractivity contribution >= 4 is 17.7 Å². The Morgan fingerprint density at radius 1 is 1.45 bits per heavy atom. The van der Waals surface area contributed by atoms with Crippen LogP contribution in [0.3, 0.4) is 0 Å². The fourth-order valence-electron chi connectivity index (χ4n) is 1.42. The number of ether oxygens (including phenoxy) is 1. The summed E-state index contributed by atoms with van der Waals surface area (Å²) in [6.07, 6.45) is 0.358. The van der Waals surface area contributed by atoms with Crippen LogP contribution in [0.25, 0.3) is 0 Å². The fourth-order valence-corrected chi connectivity index (χ4v) is 1.86. The van der Waals surface area contributed by atoms with Gasteiger partial charge in [-0.3, -0.25) is 10.2 Å². The average Bonchev–Trinajstić information content (AvgIpc) is 2.34. The van der Waals surface area contributed by atoms with Gasteiger partial charge in [0.05, 0.1) is 0 Å². The third-order valence-corrected chi connectivity index (χ3v) is 3.06. The van der Waals surface area contributed by atoms with Crippen molar-refractivity contribution < 1.29 is 14.6 Å². The van der Waals surface area contributed by atoms with Crippen LogP contribution in [0.2, 0.25) is 0 Å². The molecule has 20 heavy (non-hydrogen) atoms. The maximum absolute atomic E-state index is 12.4. The largest absolute Gasteiger partial charge is 0.478 e. The summed E-state index contributed by atoms with van der Waals surface area (Å²) in [6, 6.07) is 0. The Labute approximate surface area is 120 Å². The van der Waals surface area contributed by atoms with Crippen LogP contribution in [0.1, 0.15) is 26.5 Å². The van der Waals surface area contributed by atoms with E-state index in [1.807, 2.05) is 20.8 Å². The van der Waals surface area contributed by atoms with Crippen LogP contribution in [0, 0.1) is 0 Å². The van der Waals surface area contributed by atoms with E-state index in [4.69, 9.17) is 9.84 Å². The number of nitrogens with zero attached hydrogens (tertiary/aromatic N) is 3. The molecule has 1 unspecified atom stereocenters. The number of carboxylic acids is 1. The zero-order chi connectivity index (χ0) is 15.5. The van der Waals surface area contributed by atoms with Gasteiger partial charge in [0.2, 0.25) is 11.4 Å². The Morgan fingerprint density at radius 2 is 2.05 bits per heavy atom. The molecular weight excluding hydrogens is 284 g/mol. The van der Waals surface area contributed by atoms with Gasteiger partial charge in [0, 0.05) is 12.5 Å². The molecule has 0 saturated heterocycles. The molecule has 1 rings (SSSR count). The van der Waals surface area contributed by atoms with E-state index < -0.39 is 23.2 Å². The number of thioether (sulfide) groups is 1. The first-order chi connectivity index (χ1) is 9.22. The van der Waals surface area contributed by atoms with Gasteiger partial charge in [-0.2, -0.15) is 4.68 Å². The molecular formula is C11H18N4O4S. The van der Waals surface area contributed by atoms with E-state index in [-0.39, 0.29) is 10.9 Å². The van der Waals surface area contributed by atoms with Crippen LogP contribution < -0.4 is 11.0 Å². The lowest BCUT2D eigenvalue weighted by atomic mass is 9.93. The van der Waals surface area contributed by atoms with E-state index in [1.165, 1.54) is 18.9 Å². The molecule has 112 valence electrons. The van der Waals surface area contributed by atoms with E-state index >= 15 is 0 Å². The van der Waals surface area contributed by atoms with Crippen LogP contribution in [0.4, 0.5) is 0 Å². The summed E-state index contributed by atoms with van der Waals surface area (Å²) in [4.78, 5) is 23.4. The van der Waals surface area contributed by atoms with Gasteiger partial charge in [0.25, 0.3) is 5.56 Å². The molecule has 0 aliphatic carbocycles. The topological polar surface area (TPSA) is 106 Å². The number of methoxy groups -OCH3 is 1. The monoisotopic (exact) mass is 302 g/mol. The Balaban J connectivity index is 3.36. The third kappa shape index (κ3) is 3.48. The average molecular weight is 302 g/mol. The second kappa shape index (κ2) is 6.23. The Morgan fingerprint density at radius 3 is 2.45 bits per heavy atom. The van der Waals surface area contributed by atoms with Crippen LogP contribution >= 0.6 is 11.8 Å². The number of rotatable bonds is 5. The van der Waals surface area contributed by atoms with E-state index in [0.717, 1.165) is 4.68 Å². The maximum Gasteiger partial charge on any atom is 0.355 e. The van der Waals surface area contributed by atoms with Crippen LogP contribution in [-0.2, 0) is 14.9 Å². The first-order valence-corrected chi connectivity index (χ1v) is 7.01. The van der Waals surface area contributed by atoms with E-state index in [0.29, 0.717) is 0 Å². The first kappa shape index (κ1) is 16.4. The number of aromatic nitrogens is 3. The van der Waals surface area contributed by atoms with Crippen molar-refractivity contribution in [1.82, 2.24) is 14.9 Å². The molecule has 1 heterocycles. The minimum atomic E-state index is -1.35. The van der Waals surface area contributed by atoms with Crippen molar-refractivity contribution in [3.63, 3.8) is 0 Å². The molecule has 1 aromatic heterocycles. The number of hydrogen-bond donors (Lipinski definition) is 2. The summed E-state index contributed by atoms with van der Waals surface area (Å²) < 4.78 is 5.82. The van der Waals surface area contributed by atoms with Crippen LogP contribution in [0.5, 0.6) is 0 Å². The lowest BCUT2D eigenvalue weighted by Gasteiger charge is -2.21. The van der Waals surface area contributed by atoms with Crippen molar-refractivity contribution in [3.05, 3.63) is 16.0 Å². The van der Waals surface area contributed by atoms with Gasteiger partial charge < -0.3 is 9.84 Å². The molecule has 0 radical (unpaired) electrons. The van der Waals surface area contributed by atoms with Gasteiger partial charge in [-0.25, -0.2) is 4.79 Å². The van der Waals surface area contributed by atoms with Gasteiger partial charge >= 0.3 is 5.97 Å². The summed E-state index contributed by atoms with van der Waals surface area (Å²) in [6.45, 7) is 5.48. The lowest BCUT2D eigenvalue weighted by molar-refractivity contribution is -0.147. The lowest BCUT2D eigenvalue weighted by Crippen LogP contribution is -2.45. The second-order valence-electron chi connectivity index (χ2n) is 5.01. The van der Waals surface area contributed by atoms with Crippen molar-refractivity contribution in [2.45, 2.75) is 37.6 Å². The number of aliphatic carboxylic acids is 1. The highest BCUT2D eigenvalue weighted by Crippen LogP contribution is 2.17. The number of carbonyl (C=O) groups is 1. The van der Waals surface area contributed by atoms with E-state index in [1.54, 1.807) is 6.26 Å². The summed E-state index contributed by atoms with van der Waals surface area (Å²) in [5.74, 6) is -1.24.